The molecule has 90 heavy (non-hydrogen) atoms. The molecule has 0 bridgehead atoms. The van der Waals surface area contributed by atoms with Gasteiger partial charge in [0.15, 0.2) is 24.0 Å². The van der Waals surface area contributed by atoms with Crippen LogP contribution in [0, 0.1) is 0 Å². The minimum atomic E-state index is -5.77. The molecule has 2 fully saturated rings. The molecule has 0 spiro atoms. The Bertz CT molecular complexity index is 2890. The molecule has 15 N–H and O–H groups in total. The normalized spacial score (nSPS) is 23.4. The number of nitrogens with two attached hydrogens (primary N) is 2. The summed E-state index contributed by atoms with van der Waals surface area (Å²) in [5.74, 6) is 0.329. The summed E-state index contributed by atoms with van der Waals surface area (Å²) in [5, 5.41) is 63.8. The monoisotopic (exact) mass is 1390 g/mol. The second-order valence-electron chi connectivity index (χ2n) is 20.3. The number of aliphatic hydroxyl groups is 3. The number of nitrogen functional groups attached to an aromatic ring is 2. The Labute approximate surface area is 523 Å². The molecule has 6 rings (SSSR count). The number of halogens is 2. The van der Waals surface area contributed by atoms with E-state index in [9.17, 15) is 52.7 Å². The van der Waals surface area contributed by atoms with Crippen molar-refractivity contribution in [2.24, 2.45) is 0 Å². The summed E-state index contributed by atoms with van der Waals surface area (Å²) in [7, 11) is -25.3. The quantitative estimate of drug-likeness (QED) is 0.00680. The van der Waals surface area contributed by atoms with Crippen LogP contribution in [0.2, 0.25) is 0 Å². The number of phosphoric ester groups is 1. The van der Waals surface area contributed by atoms with E-state index in [0.717, 1.165) is 25.2 Å². The zero-order valence-electron chi connectivity index (χ0n) is 50.8. The SMILES string of the molecule is C.C=C[C@]1(CO)O[C@@H](c2ccc3c(N)ncnn23)[C@H](F)[C@@H]1O.C=C[C@]1(COP(=O)(O)OP(=O)(O)OP(=O)(O)O)O[C@@H](c2ccc3c(N)ncnn23)[C@H](F)[C@@H]1O.CCCCCCCC.CCCCCCCC.CCCCNP(NCCCC)(OO)(OOO)[P+](=O)[O-]. The van der Waals surface area contributed by atoms with Crippen molar-refractivity contribution in [1.29, 1.82) is 0 Å². The molecule has 4 aromatic heterocycles. The van der Waals surface area contributed by atoms with Crippen molar-refractivity contribution in [2.45, 2.75) is 200 Å². The Morgan fingerprint density at radius 3 is 1.40 bits per heavy atom. The van der Waals surface area contributed by atoms with Gasteiger partial charge in [-0.05, 0) is 24.3 Å². The third kappa shape index (κ3) is 23.8. The molecule has 11 atom stereocenters. The Hall–Kier alpha value is -3.40. The molecule has 0 aliphatic carbocycles. The Balaban J connectivity index is 0.000000617. The molecule has 32 nitrogen and oxygen atoms in total. The third-order valence-corrected chi connectivity index (χ3v) is 23.3. The van der Waals surface area contributed by atoms with Gasteiger partial charge in [0, 0.05) is 0 Å². The van der Waals surface area contributed by atoms with Crippen molar-refractivity contribution in [3.05, 3.63) is 73.6 Å². The maximum absolute atomic E-state index is 15.0. The van der Waals surface area contributed by atoms with E-state index in [2.05, 4.69) is 98.7 Å². The zero-order chi connectivity index (χ0) is 67.3. The van der Waals surface area contributed by atoms with Gasteiger partial charge in [0.2, 0.25) is 0 Å². The molecule has 0 saturated carbocycles. The number of nitrogens with one attached hydrogen (secondary N) is 2. The third-order valence-electron chi connectivity index (χ3n) is 13.7. The number of aliphatic hydroxyl groups excluding tert-OH is 3. The number of hydrogen-bond donors (Lipinski definition) is 13. The molecule has 520 valence electrons. The van der Waals surface area contributed by atoms with Crippen LogP contribution < -0.4 is 26.5 Å². The predicted octanol–water partition coefficient (Wildman–Crippen LogP) is 9.63. The van der Waals surface area contributed by atoms with Crippen molar-refractivity contribution in [1.82, 2.24) is 39.4 Å². The molecule has 39 heteroatoms. The van der Waals surface area contributed by atoms with Crippen LogP contribution in [0.1, 0.15) is 175 Å². The molecule has 0 amide bonds. The van der Waals surface area contributed by atoms with Gasteiger partial charge in [0.05, 0.1) is 24.6 Å². The number of nitrogens with zero attached hydrogens (tertiary/aromatic N) is 6. The zero-order valence-corrected chi connectivity index (χ0v) is 55.3. The summed E-state index contributed by atoms with van der Waals surface area (Å²) in [4.78, 5) is 55.1. The first-order valence-corrected chi connectivity index (χ1v) is 37.3. The van der Waals surface area contributed by atoms with E-state index in [-0.39, 0.29) is 37.8 Å². The van der Waals surface area contributed by atoms with Crippen molar-refractivity contribution < 1.29 is 114 Å². The van der Waals surface area contributed by atoms with E-state index in [4.69, 9.17) is 41.2 Å². The number of unbranched alkanes of at least 4 members (excludes halogenated alkanes) is 12. The fourth-order valence-corrected chi connectivity index (χ4v) is 15.4. The Morgan fingerprint density at radius 2 is 1.08 bits per heavy atom. The van der Waals surface area contributed by atoms with Gasteiger partial charge in [0.1, 0.15) is 59.3 Å². The van der Waals surface area contributed by atoms with Crippen molar-refractivity contribution in [3.8, 4) is 0 Å². The summed E-state index contributed by atoms with van der Waals surface area (Å²) >= 11 is 0. The maximum atomic E-state index is 15.0. The molecular weight excluding hydrogens is 1300 g/mol. The van der Waals surface area contributed by atoms with Gasteiger partial charge in [-0.1, -0.05) is 124 Å². The average Bonchev–Trinajstić information content (AvgIpc) is 1.50. The first kappa shape index (κ1) is 84.6. The fourth-order valence-electron chi connectivity index (χ4n) is 8.66. The van der Waals surface area contributed by atoms with Crippen LogP contribution in [0.4, 0.5) is 20.4 Å². The number of hydrogen-bond acceptors (Lipinski definition) is 26. The summed E-state index contributed by atoms with van der Waals surface area (Å²) in [6.45, 7) is 18.4. The molecule has 2 aliphatic heterocycles. The molecule has 3 unspecified atom stereocenters. The van der Waals surface area contributed by atoms with Crippen LogP contribution in [0.15, 0.2) is 62.2 Å². The van der Waals surface area contributed by atoms with Crippen LogP contribution in [-0.2, 0) is 55.3 Å². The molecule has 2 aliphatic rings. The molecule has 6 heterocycles. The Kier molecular flexibility index (Phi) is 37.7. The molecule has 0 aromatic carbocycles. The van der Waals surface area contributed by atoms with E-state index in [1.807, 2.05) is 13.8 Å². The van der Waals surface area contributed by atoms with Gasteiger partial charge in [-0.3, -0.25) is 4.52 Å². The average molecular weight is 1390 g/mol. The summed E-state index contributed by atoms with van der Waals surface area (Å²) < 4.78 is 109. The van der Waals surface area contributed by atoms with Gasteiger partial charge in [0.25, 0.3) is 0 Å². The number of alkyl halides is 2. The summed E-state index contributed by atoms with van der Waals surface area (Å²) in [5.41, 5.74) is 9.03. The number of phosphoric acid groups is 3. The van der Waals surface area contributed by atoms with Crippen LogP contribution in [0.5, 0.6) is 0 Å². The molecule has 4 aromatic rings. The fraction of sp³-hybridized carbons (Fsp3) is 0.686. The molecular formula is C51H95F2N10O22P5. The first-order chi connectivity index (χ1) is 42.0. The molecule has 0 radical (unpaired) electrons. The minimum absolute atomic E-state index is 0. The second kappa shape index (κ2) is 40.1. The van der Waals surface area contributed by atoms with Crippen molar-refractivity contribution in [2.75, 3.05) is 37.8 Å². The van der Waals surface area contributed by atoms with E-state index in [1.165, 1.54) is 111 Å². The topological polar surface area (TPSA) is 484 Å². The van der Waals surface area contributed by atoms with Crippen LogP contribution >= 0.6 is 38.2 Å². The summed E-state index contributed by atoms with van der Waals surface area (Å²) in [6, 6.07) is 6.10. The van der Waals surface area contributed by atoms with Crippen molar-refractivity contribution >= 4 is 60.9 Å². The number of fused-ring (bicyclic) bond motifs is 2. The Morgan fingerprint density at radius 1 is 0.689 bits per heavy atom. The van der Waals surface area contributed by atoms with E-state index in [1.54, 1.807) is 12.1 Å². The van der Waals surface area contributed by atoms with Gasteiger partial charge >= 0.3 is 135 Å². The number of rotatable bonds is 34. The van der Waals surface area contributed by atoms with Gasteiger partial charge in [-0.25, -0.2) is 41.5 Å². The van der Waals surface area contributed by atoms with Gasteiger partial charge in [-0.2, -0.15) is 18.8 Å². The second-order valence-corrected chi connectivity index (χ2v) is 31.2. The van der Waals surface area contributed by atoms with Crippen LogP contribution in [0.25, 0.3) is 11.0 Å². The number of ether oxygens (including phenoxy) is 2. The van der Waals surface area contributed by atoms with E-state index >= 15 is 4.39 Å². The van der Waals surface area contributed by atoms with Crippen LogP contribution in [0.3, 0.4) is 0 Å². The number of anilines is 2. The van der Waals surface area contributed by atoms with Gasteiger partial charge < -0.3 is 55.8 Å². The summed E-state index contributed by atoms with van der Waals surface area (Å²) in [6.07, 6.45) is 14.2. The molecule has 2 saturated heterocycles. The first-order valence-electron chi connectivity index (χ1n) is 28.8. The number of aromatic nitrogens is 6. The van der Waals surface area contributed by atoms with E-state index in [0.29, 0.717) is 29.6 Å². The predicted molar refractivity (Wildman–Crippen MR) is 331 cm³/mol. The van der Waals surface area contributed by atoms with Crippen molar-refractivity contribution in [3.63, 3.8) is 0 Å². The van der Waals surface area contributed by atoms with Gasteiger partial charge in [-0.15, -0.1) is 13.2 Å². The van der Waals surface area contributed by atoms with E-state index < -0.39 is 99.4 Å². The van der Waals surface area contributed by atoms with Crippen LogP contribution in [-0.4, -0.2) is 137 Å². The standard InChI is InChI=1S/C13H18FN4O12P3.C13H15FN4O3.C8H22N2O7P2.2C8H18.CH4/c1-2-13(5-27-32(23,24)30-33(25,26)29-31(20,21)22)11(19)9(14)10(28-13)7-3-4-8-12(15)16-6-17-18(7)8;1-2-13(5-19)11(20)9(14)10(21-13)7-3-4-8-12(15)16-6-17-18(7)8;1-3-5-7-9-19(16-12,17-15-11,18(13)14)10-8-6-4-2;2*1-3-5-7-8-6-4-2;/h2-4,6,9-11,19H,1,5H2,(H,23,24)(H,25,26)(H2,15,16,17)(H2,20,21,22);2-4,6,9-11,19-20H,1,5H2,(H2,15,16,17);9-12H,3-8H2,1-2H3;2*3-8H2,1-2H3;1H4/t2*9-,10-,11-,13+;;;;/m00..../s1.